The van der Waals surface area contributed by atoms with Crippen molar-refractivity contribution in [2.45, 2.75) is 40.2 Å². The maximum Gasteiger partial charge on any atom is 0.288 e. The third-order valence-corrected chi connectivity index (χ3v) is 5.19. The minimum absolute atomic E-state index is 0.0775. The molecule has 6 nitrogen and oxygen atoms in total. The zero-order chi connectivity index (χ0) is 21.4. The Bertz CT molecular complexity index is 1190. The molecule has 0 fully saturated rings. The summed E-state index contributed by atoms with van der Waals surface area (Å²) in [7, 11) is 0. The van der Waals surface area contributed by atoms with Crippen molar-refractivity contribution in [3.63, 3.8) is 0 Å². The van der Waals surface area contributed by atoms with Crippen molar-refractivity contribution in [2.75, 3.05) is 13.2 Å². The molecule has 1 N–H and O–H groups in total. The Morgan fingerprint density at radius 3 is 2.57 bits per heavy atom. The van der Waals surface area contributed by atoms with Gasteiger partial charge in [0.15, 0.2) is 16.9 Å². The van der Waals surface area contributed by atoms with Crippen molar-refractivity contribution < 1.29 is 18.7 Å². The van der Waals surface area contributed by atoms with E-state index in [1.54, 1.807) is 0 Å². The Morgan fingerprint density at radius 1 is 1.03 bits per heavy atom. The van der Waals surface area contributed by atoms with E-state index in [9.17, 15) is 9.59 Å². The lowest BCUT2D eigenvalue weighted by Gasteiger charge is -2.16. The zero-order valence-corrected chi connectivity index (χ0v) is 17.6. The fraction of sp³-hybridized carbons (Fsp3) is 0.333. The second kappa shape index (κ2) is 7.86. The van der Waals surface area contributed by atoms with Crippen LogP contribution in [0, 0.1) is 13.8 Å². The number of amides is 1. The number of rotatable bonds is 6. The van der Waals surface area contributed by atoms with Gasteiger partial charge in [-0.2, -0.15) is 0 Å². The highest BCUT2D eigenvalue weighted by atomic mass is 16.5. The van der Waals surface area contributed by atoms with Crippen molar-refractivity contribution in [1.82, 2.24) is 5.32 Å². The van der Waals surface area contributed by atoms with Crippen LogP contribution in [0.4, 0.5) is 0 Å². The minimum atomic E-state index is -0.603. The van der Waals surface area contributed by atoms with Gasteiger partial charge in [-0.1, -0.05) is 19.1 Å². The first kappa shape index (κ1) is 20.0. The number of hydrogen-bond donors (Lipinski definition) is 1. The summed E-state index contributed by atoms with van der Waals surface area (Å²) < 4.78 is 17.4. The molecule has 2 aromatic carbocycles. The molecule has 0 aliphatic carbocycles. The monoisotopic (exact) mass is 407 g/mol. The summed E-state index contributed by atoms with van der Waals surface area (Å²) in [6, 6.07) is 8.62. The fourth-order valence-corrected chi connectivity index (χ4v) is 3.92. The Morgan fingerprint density at radius 2 is 1.83 bits per heavy atom. The molecule has 0 saturated carbocycles. The van der Waals surface area contributed by atoms with Crippen molar-refractivity contribution in [1.29, 1.82) is 0 Å². The normalized spacial score (nSPS) is 15.2. The molecule has 1 amide bonds. The van der Waals surface area contributed by atoms with Gasteiger partial charge in [0.2, 0.25) is 5.76 Å². The number of fused-ring (bicyclic) bond motifs is 2. The van der Waals surface area contributed by atoms with Gasteiger partial charge in [0.25, 0.3) is 5.91 Å². The molecule has 156 valence electrons. The summed E-state index contributed by atoms with van der Waals surface area (Å²) in [4.78, 5) is 26.0. The molecule has 1 unspecified atom stereocenters. The van der Waals surface area contributed by atoms with E-state index in [1.165, 1.54) is 0 Å². The van der Waals surface area contributed by atoms with Crippen LogP contribution in [-0.2, 0) is 0 Å². The van der Waals surface area contributed by atoms with Gasteiger partial charge < -0.3 is 19.2 Å². The summed E-state index contributed by atoms with van der Waals surface area (Å²) in [5.41, 5.74) is 3.14. The highest BCUT2D eigenvalue weighted by Gasteiger charge is 2.36. The summed E-state index contributed by atoms with van der Waals surface area (Å²) in [5.74, 6) is 0.916. The molecule has 4 rings (SSSR count). The summed E-state index contributed by atoms with van der Waals surface area (Å²) in [6.45, 7) is 8.80. The van der Waals surface area contributed by atoms with Gasteiger partial charge in [-0.15, -0.1) is 0 Å². The predicted octanol–water partition coefficient (Wildman–Crippen LogP) is 4.43. The predicted molar refractivity (Wildman–Crippen MR) is 115 cm³/mol. The van der Waals surface area contributed by atoms with Crippen molar-refractivity contribution in [2.24, 2.45) is 0 Å². The summed E-state index contributed by atoms with van der Waals surface area (Å²) >= 11 is 0. The molecule has 1 atom stereocenters. The van der Waals surface area contributed by atoms with Crippen LogP contribution in [-0.4, -0.2) is 19.1 Å². The largest absolute Gasteiger partial charge is 0.490 e. The number of ether oxygens (including phenoxy) is 2. The van der Waals surface area contributed by atoms with E-state index in [1.807, 2.05) is 58.0 Å². The molecule has 0 bridgehead atoms. The highest BCUT2D eigenvalue weighted by Crippen LogP contribution is 2.36. The maximum absolute atomic E-state index is 13.4. The van der Waals surface area contributed by atoms with Crippen LogP contribution in [0.15, 0.2) is 39.5 Å². The molecule has 0 radical (unpaired) electrons. The molecule has 0 spiro atoms. The van der Waals surface area contributed by atoms with Crippen LogP contribution in [0.1, 0.15) is 59.1 Å². The van der Waals surface area contributed by atoms with Crippen LogP contribution < -0.4 is 20.2 Å². The number of carbonyl (C=O) groups is 1. The molecule has 1 aliphatic rings. The number of nitrogens with one attached hydrogen (secondary N) is 1. The van der Waals surface area contributed by atoms with E-state index in [2.05, 4.69) is 5.32 Å². The lowest BCUT2D eigenvalue weighted by Crippen LogP contribution is -2.22. The third kappa shape index (κ3) is 3.32. The average molecular weight is 407 g/mol. The molecule has 1 aliphatic heterocycles. The first-order valence-corrected chi connectivity index (χ1v) is 10.2. The number of hydrogen-bond acceptors (Lipinski definition) is 5. The number of carbonyl (C=O) groups excluding carboxylic acids is 1. The summed E-state index contributed by atoms with van der Waals surface area (Å²) in [6.07, 6.45) is 0.881. The quantitative estimate of drug-likeness (QED) is 0.654. The Hall–Kier alpha value is -3.28. The first-order chi connectivity index (χ1) is 14.4. The van der Waals surface area contributed by atoms with Crippen molar-refractivity contribution in [3.8, 4) is 11.5 Å². The van der Waals surface area contributed by atoms with Gasteiger partial charge in [-0.05, 0) is 62.1 Å². The zero-order valence-electron chi connectivity index (χ0n) is 17.6. The van der Waals surface area contributed by atoms with Gasteiger partial charge in [-0.3, -0.25) is 9.59 Å². The van der Waals surface area contributed by atoms with Crippen LogP contribution in [0.3, 0.4) is 0 Å². The molecular formula is C24H25NO5. The van der Waals surface area contributed by atoms with Gasteiger partial charge >= 0.3 is 0 Å². The summed E-state index contributed by atoms with van der Waals surface area (Å²) in [5, 5.41) is 3.38. The highest BCUT2D eigenvalue weighted by molar-refractivity contribution is 5.99. The van der Waals surface area contributed by atoms with E-state index in [0.29, 0.717) is 41.2 Å². The van der Waals surface area contributed by atoms with E-state index in [0.717, 1.165) is 23.1 Å². The lowest BCUT2D eigenvalue weighted by molar-refractivity contribution is 0.0938. The molecule has 2 heterocycles. The second-order valence-electron chi connectivity index (χ2n) is 7.53. The van der Waals surface area contributed by atoms with E-state index >= 15 is 0 Å². The Balaban J connectivity index is 1.86. The van der Waals surface area contributed by atoms with Gasteiger partial charge in [0.1, 0.15) is 5.58 Å². The Kier molecular flexibility index (Phi) is 5.24. The fourth-order valence-electron chi connectivity index (χ4n) is 3.92. The number of aryl methyl sites for hydroxylation is 2. The van der Waals surface area contributed by atoms with E-state index in [4.69, 9.17) is 13.9 Å². The van der Waals surface area contributed by atoms with Gasteiger partial charge in [0.05, 0.1) is 30.2 Å². The first-order valence-electron chi connectivity index (χ1n) is 10.2. The molecule has 1 aromatic heterocycles. The second-order valence-corrected chi connectivity index (χ2v) is 7.53. The molecular weight excluding hydrogens is 382 g/mol. The smallest absolute Gasteiger partial charge is 0.288 e. The SMILES string of the molecule is CCCOc1ccc(C2NC(=O)c3oc4c(C)cc(C)cc4c(=O)c32)cc1OCC. The average Bonchev–Trinajstić information content (AvgIpc) is 3.05. The number of benzene rings is 2. The van der Waals surface area contributed by atoms with Gasteiger partial charge in [0, 0.05) is 0 Å². The van der Waals surface area contributed by atoms with Crippen LogP contribution in [0.5, 0.6) is 11.5 Å². The van der Waals surface area contributed by atoms with Gasteiger partial charge in [-0.25, -0.2) is 0 Å². The van der Waals surface area contributed by atoms with Crippen molar-refractivity contribution >= 4 is 16.9 Å². The van der Waals surface area contributed by atoms with Crippen LogP contribution >= 0.6 is 0 Å². The van der Waals surface area contributed by atoms with Crippen molar-refractivity contribution in [3.05, 3.63) is 68.6 Å². The van der Waals surface area contributed by atoms with Crippen LogP contribution in [0.2, 0.25) is 0 Å². The minimum Gasteiger partial charge on any atom is -0.490 e. The van der Waals surface area contributed by atoms with E-state index < -0.39 is 11.9 Å². The third-order valence-electron chi connectivity index (χ3n) is 5.19. The Labute approximate surface area is 174 Å². The molecule has 3 aromatic rings. The van der Waals surface area contributed by atoms with E-state index in [-0.39, 0.29) is 11.2 Å². The lowest BCUT2D eigenvalue weighted by atomic mass is 9.97. The molecule has 6 heteroatoms. The molecule has 0 saturated heterocycles. The standard InChI is InChI=1S/C24H25NO5/c1-5-9-29-17-8-7-15(12-18(17)28-6-2)20-19-21(26)16-11-13(3)10-14(4)22(16)30-23(19)24(27)25-20/h7-8,10-12,20H,5-6,9H2,1-4H3,(H,25,27). The molecule has 30 heavy (non-hydrogen) atoms. The topological polar surface area (TPSA) is 77.8 Å². The van der Waals surface area contributed by atoms with Crippen LogP contribution in [0.25, 0.3) is 11.0 Å². The maximum atomic E-state index is 13.4.